The first-order chi connectivity index (χ1) is 8.56. The highest BCUT2D eigenvalue weighted by atomic mass is 16.1. The third kappa shape index (κ3) is 2.77. The Morgan fingerprint density at radius 3 is 2.39 bits per heavy atom. The summed E-state index contributed by atoms with van der Waals surface area (Å²) in [6.45, 7) is 6.08. The normalized spacial score (nSPS) is 10.2. The minimum absolute atomic E-state index is 0.0676. The number of carbonyl (C=O) groups excluding carboxylic acids is 1. The van der Waals surface area contributed by atoms with Gasteiger partial charge in [-0.2, -0.15) is 0 Å². The maximum Gasteiger partial charge on any atom is 0.255 e. The Kier molecular flexibility index (Phi) is 3.47. The van der Waals surface area contributed by atoms with Crippen LogP contribution in [-0.2, 0) is 0 Å². The monoisotopic (exact) mass is 239 g/mol. The molecule has 0 bridgehead atoms. The van der Waals surface area contributed by atoms with E-state index in [-0.39, 0.29) is 5.91 Å². The molecule has 1 amide bonds. The van der Waals surface area contributed by atoms with Gasteiger partial charge in [0.05, 0.1) is 0 Å². The lowest BCUT2D eigenvalue weighted by Crippen LogP contribution is -2.12. The second kappa shape index (κ2) is 5.05. The molecule has 2 rings (SSSR count). The van der Waals surface area contributed by atoms with Gasteiger partial charge < -0.3 is 5.32 Å². The van der Waals surface area contributed by atoms with Crippen LogP contribution in [0.3, 0.4) is 0 Å². The molecule has 0 heterocycles. The molecule has 2 heteroatoms. The standard InChI is InChI=1S/C16H17NO/c1-11-5-4-6-14(9-11)16(18)17-15-8-7-12(2)13(3)10-15/h4-10H,1-3H3,(H,17,18). The Bertz CT molecular complexity index is 587. The number of rotatable bonds is 2. The first kappa shape index (κ1) is 12.4. The van der Waals surface area contributed by atoms with Gasteiger partial charge in [0.25, 0.3) is 5.91 Å². The van der Waals surface area contributed by atoms with E-state index < -0.39 is 0 Å². The van der Waals surface area contributed by atoms with Gasteiger partial charge in [0.15, 0.2) is 0 Å². The minimum Gasteiger partial charge on any atom is -0.322 e. The summed E-state index contributed by atoms with van der Waals surface area (Å²) in [5.41, 5.74) is 5.01. The quantitative estimate of drug-likeness (QED) is 0.847. The first-order valence-corrected chi connectivity index (χ1v) is 6.01. The number of hydrogen-bond acceptors (Lipinski definition) is 1. The summed E-state index contributed by atoms with van der Waals surface area (Å²) in [7, 11) is 0. The molecule has 0 fully saturated rings. The number of nitrogens with one attached hydrogen (secondary N) is 1. The van der Waals surface area contributed by atoms with Crippen LogP contribution < -0.4 is 5.32 Å². The van der Waals surface area contributed by atoms with E-state index in [1.807, 2.05) is 56.3 Å². The van der Waals surface area contributed by atoms with Gasteiger partial charge in [-0.1, -0.05) is 23.8 Å². The Morgan fingerprint density at radius 1 is 0.944 bits per heavy atom. The van der Waals surface area contributed by atoms with Gasteiger partial charge in [-0.05, 0) is 56.2 Å². The summed E-state index contributed by atoms with van der Waals surface area (Å²) in [6.07, 6.45) is 0. The first-order valence-electron chi connectivity index (χ1n) is 6.01. The topological polar surface area (TPSA) is 29.1 Å². The number of aryl methyl sites for hydroxylation is 3. The summed E-state index contributed by atoms with van der Waals surface area (Å²) < 4.78 is 0. The molecular weight excluding hydrogens is 222 g/mol. The number of anilines is 1. The van der Waals surface area contributed by atoms with Crippen molar-refractivity contribution in [2.24, 2.45) is 0 Å². The summed E-state index contributed by atoms with van der Waals surface area (Å²) >= 11 is 0. The molecule has 0 spiro atoms. The molecular formula is C16H17NO. The van der Waals surface area contributed by atoms with Crippen LogP contribution in [0, 0.1) is 20.8 Å². The molecule has 2 aromatic carbocycles. The number of hydrogen-bond donors (Lipinski definition) is 1. The third-order valence-electron chi connectivity index (χ3n) is 3.05. The van der Waals surface area contributed by atoms with Crippen LogP contribution in [0.5, 0.6) is 0 Å². The lowest BCUT2D eigenvalue weighted by Gasteiger charge is -2.08. The van der Waals surface area contributed by atoms with Crippen molar-refractivity contribution in [3.8, 4) is 0 Å². The zero-order chi connectivity index (χ0) is 13.1. The SMILES string of the molecule is Cc1cccc(C(=O)Nc2ccc(C)c(C)c2)c1. The average Bonchev–Trinajstić information content (AvgIpc) is 2.34. The third-order valence-corrected chi connectivity index (χ3v) is 3.05. The molecule has 0 aliphatic rings. The Balaban J connectivity index is 2.18. The van der Waals surface area contributed by atoms with Gasteiger partial charge in [-0.25, -0.2) is 0 Å². The Morgan fingerprint density at radius 2 is 1.72 bits per heavy atom. The largest absolute Gasteiger partial charge is 0.322 e. The van der Waals surface area contributed by atoms with Crippen molar-refractivity contribution < 1.29 is 4.79 Å². The molecule has 0 aromatic heterocycles. The fraction of sp³-hybridized carbons (Fsp3) is 0.188. The fourth-order valence-electron chi connectivity index (χ4n) is 1.81. The lowest BCUT2D eigenvalue weighted by atomic mass is 10.1. The second-order valence-electron chi connectivity index (χ2n) is 4.62. The summed E-state index contributed by atoms with van der Waals surface area (Å²) in [5.74, 6) is -0.0676. The van der Waals surface area contributed by atoms with Crippen molar-refractivity contribution in [1.82, 2.24) is 0 Å². The van der Waals surface area contributed by atoms with Crippen LogP contribution >= 0.6 is 0 Å². The predicted octanol–water partition coefficient (Wildman–Crippen LogP) is 3.86. The van der Waals surface area contributed by atoms with Gasteiger partial charge in [0.1, 0.15) is 0 Å². The van der Waals surface area contributed by atoms with Gasteiger partial charge in [-0.3, -0.25) is 4.79 Å². The Hall–Kier alpha value is -2.09. The molecule has 0 atom stereocenters. The van der Waals surface area contributed by atoms with Crippen molar-refractivity contribution in [2.75, 3.05) is 5.32 Å². The molecule has 0 aliphatic carbocycles. The van der Waals surface area contributed by atoms with Crippen LogP contribution in [0.25, 0.3) is 0 Å². The number of carbonyl (C=O) groups is 1. The van der Waals surface area contributed by atoms with Crippen LogP contribution in [0.1, 0.15) is 27.0 Å². The van der Waals surface area contributed by atoms with Crippen LogP contribution in [0.15, 0.2) is 42.5 Å². The lowest BCUT2D eigenvalue weighted by molar-refractivity contribution is 0.102. The van der Waals surface area contributed by atoms with E-state index in [0.29, 0.717) is 5.56 Å². The summed E-state index contributed by atoms with van der Waals surface area (Å²) in [5, 5.41) is 2.91. The van der Waals surface area contributed by atoms with E-state index in [1.54, 1.807) is 0 Å². The van der Waals surface area contributed by atoms with E-state index in [9.17, 15) is 4.79 Å². The predicted molar refractivity (Wildman–Crippen MR) is 75.0 cm³/mol. The van der Waals surface area contributed by atoms with Gasteiger partial charge >= 0.3 is 0 Å². The highest BCUT2D eigenvalue weighted by Crippen LogP contribution is 2.15. The van der Waals surface area contributed by atoms with Crippen LogP contribution in [0.2, 0.25) is 0 Å². The van der Waals surface area contributed by atoms with Crippen molar-refractivity contribution >= 4 is 11.6 Å². The average molecular weight is 239 g/mol. The van der Waals surface area contributed by atoms with Crippen LogP contribution in [-0.4, -0.2) is 5.91 Å². The summed E-state index contributed by atoms with van der Waals surface area (Å²) in [6, 6.07) is 13.5. The molecule has 2 nitrogen and oxygen atoms in total. The van der Waals surface area contributed by atoms with Crippen molar-refractivity contribution in [1.29, 1.82) is 0 Å². The van der Waals surface area contributed by atoms with E-state index in [0.717, 1.165) is 11.3 Å². The maximum absolute atomic E-state index is 12.1. The minimum atomic E-state index is -0.0676. The van der Waals surface area contributed by atoms with Gasteiger partial charge in [-0.15, -0.1) is 0 Å². The van der Waals surface area contributed by atoms with Crippen LogP contribution in [0.4, 0.5) is 5.69 Å². The summed E-state index contributed by atoms with van der Waals surface area (Å²) in [4.78, 5) is 12.1. The van der Waals surface area contributed by atoms with Crippen molar-refractivity contribution in [3.63, 3.8) is 0 Å². The molecule has 0 saturated carbocycles. The molecule has 18 heavy (non-hydrogen) atoms. The molecule has 1 N–H and O–H groups in total. The Labute approximate surface area is 108 Å². The second-order valence-corrected chi connectivity index (χ2v) is 4.62. The molecule has 2 aromatic rings. The number of benzene rings is 2. The van der Waals surface area contributed by atoms with E-state index in [4.69, 9.17) is 0 Å². The van der Waals surface area contributed by atoms with Crippen molar-refractivity contribution in [2.45, 2.75) is 20.8 Å². The van der Waals surface area contributed by atoms with E-state index in [2.05, 4.69) is 12.2 Å². The number of amides is 1. The highest BCUT2D eigenvalue weighted by molar-refractivity contribution is 6.04. The molecule has 0 radical (unpaired) electrons. The highest BCUT2D eigenvalue weighted by Gasteiger charge is 2.06. The molecule has 0 unspecified atom stereocenters. The molecule has 0 aliphatic heterocycles. The smallest absolute Gasteiger partial charge is 0.255 e. The van der Waals surface area contributed by atoms with Gasteiger partial charge in [0, 0.05) is 11.3 Å². The van der Waals surface area contributed by atoms with E-state index >= 15 is 0 Å². The van der Waals surface area contributed by atoms with Crippen molar-refractivity contribution in [3.05, 3.63) is 64.7 Å². The fourth-order valence-corrected chi connectivity index (χ4v) is 1.81. The van der Waals surface area contributed by atoms with E-state index in [1.165, 1.54) is 11.1 Å². The zero-order valence-electron chi connectivity index (χ0n) is 10.9. The maximum atomic E-state index is 12.1. The molecule has 0 saturated heterocycles. The zero-order valence-corrected chi connectivity index (χ0v) is 10.9. The van der Waals surface area contributed by atoms with Gasteiger partial charge in [0.2, 0.25) is 0 Å². The molecule has 92 valence electrons.